The van der Waals surface area contributed by atoms with Gasteiger partial charge in [-0.05, 0) is 30.3 Å². The van der Waals surface area contributed by atoms with Crippen LogP contribution in [0.1, 0.15) is 16.5 Å². The molecule has 5 nitrogen and oxygen atoms in total. The van der Waals surface area contributed by atoms with Crippen LogP contribution in [0.25, 0.3) is 0 Å². The minimum absolute atomic E-state index is 0.0149. The maximum Gasteiger partial charge on any atom is 0.161 e. The molecular weight excluding hydrogens is 397 g/mol. The van der Waals surface area contributed by atoms with Gasteiger partial charge in [-0.2, -0.15) is 0 Å². The first-order valence-corrected chi connectivity index (χ1v) is 9.71. The van der Waals surface area contributed by atoms with Crippen molar-refractivity contribution in [3.8, 4) is 11.5 Å². The molecule has 0 radical (unpaired) electrons. The van der Waals surface area contributed by atoms with E-state index >= 15 is 0 Å². The van der Waals surface area contributed by atoms with E-state index in [-0.39, 0.29) is 12.0 Å². The highest BCUT2D eigenvalue weighted by molar-refractivity contribution is 7.99. The van der Waals surface area contributed by atoms with E-state index in [0.29, 0.717) is 32.9 Å². The Balaban J connectivity index is 1.74. The number of carboxylic acids is 1. The van der Waals surface area contributed by atoms with Gasteiger partial charge in [-0.25, -0.2) is 0 Å². The first-order valence-electron chi connectivity index (χ1n) is 7.90. The molecule has 1 aliphatic heterocycles. The van der Waals surface area contributed by atoms with E-state index in [1.807, 2.05) is 12.1 Å². The number of carbonyl (C=O) groups excluding carboxylic acids is 1. The van der Waals surface area contributed by atoms with Gasteiger partial charge in [-0.15, -0.1) is 0 Å². The average Bonchev–Trinajstić information content (AvgIpc) is 3.12. The van der Waals surface area contributed by atoms with E-state index < -0.39 is 12.0 Å². The highest BCUT2D eigenvalue weighted by atomic mass is 35.5. The van der Waals surface area contributed by atoms with Crippen molar-refractivity contribution in [2.45, 2.75) is 18.0 Å². The largest absolute Gasteiger partial charge is 0.544 e. The van der Waals surface area contributed by atoms with Crippen LogP contribution in [-0.2, 0) is 11.4 Å². The Morgan fingerprint density at radius 3 is 2.62 bits per heavy atom. The lowest BCUT2D eigenvalue weighted by Crippen LogP contribution is -2.90. The van der Waals surface area contributed by atoms with Crippen molar-refractivity contribution >= 4 is 40.9 Å². The summed E-state index contributed by atoms with van der Waals surface area (Å²) in [6, 6.07) is 10.3. The number of carboxylic acid groups (broad SMARTS) is 1. The van der Waals surface area contributed by atoms with Gasteiger partial charge in [0.15, 0.2) is 16.9 Å². The number of hydrogen-bond donors (Lipinski definition) is 1. The molecule has 0 spiro atoms. The van der Waals surface area contributed by atoms with Crippen molar-refractivity contribution in [3.63, 3.8) is 0 Å². The van der Waals surface area contributed by atoms with Crippen LogP contribution in [0.15, 0.2) is 36.4 Å². The Morgan fingerprint density at radius 2 is 2.00 bits per heavy atom. The summed E-state index contributed by atoms with van der Waals surface area (Å²) in [5.41, 5.74) is 1.66. The third-order valence-electron chi connectivity index (χ3n) is 4.12. The molecular formula is C18H17Cl2NO4S. The van der Waals surface area contributed by atoms with Crippen molar-refractivity contribution in [1.82, 2.24) is 0 Å². The molecule has 0 aromatic heterocycles. The summed E-state index contributed by atoms with van der Waals surface area (Å²) in [7, 11) is 1.56. The minimum atomic E-state index is -1.04. The normalized spacial score (nSPS) is 19.3. The number of hydrogen-bond acceptors (Lipinski definition) is 5. The van der Waals surface area contributed by atoms with E-state index in [9.17, 15) is 9.90 Å². The standard InChI is InChI=1S/C18H17Cl2NO4S/c1-24-16-7-10(17-21-14(9-26-17)18(22)23)5-6-15(16)25-8-11-12(19)3-2-4-13(11)20/h2-7,14,17,21H,8-9H2,1H3,(H,22,23)/t14-,17+/m0/s1. The zero-order chi connectivity index (χ0) is 18.7. The predicted molar refractivity (Wildman–Crippen MR) is 99.7 cm³/mol. The lowest BCUT2D eigenvalue weighted by Gasteiger charge is -2.15. The van der Waals surface area contributed by atoms with Crippen LogP contribution in [0.3, 0.4) is 0 Å². The number of carbonyl (C=O) groups is 1. The first-order chi connectivity index (χ1) is 12.5. The molecule has 3 rings (SSSR count). The zero-order valence-corrected chi connectivity index (χ0v) is 16.2. The van der Waals surface area contributed by atoms with Crippen molar-refractivity contribution in [2.24, 2.45) is 0 Å². The summed E-state index contributed by atoms with van der Waals surface area (Å²) in [5, 5.41) is 13.9. The van der Waals surface area contributed by atoms with Gasteiger partial charge in [-0.1, -0.05) is 41.0 Å². The monoisotopic (exact) mass is 413 g/mol. The third-order valence-corrected chi connectivity index (χ3v) is 6.16. The second-order valence-corrected chi connectivity index (χ2v) is 7.76. The summed E-state index contributed by atoms with van der Waals surface area (Å²) < 4.78 is 11.3. The van der Waals surface area contributed by atoms with Gasteiger partial charge in [0.25, 0.3) is 0 Å². The molecule has 2 N–H and O–H groups in total. The summed E-state index contributed by atoms with van der Waals surface area (Å²) in [4.78, 5) is 11.0. The number of ether oxygens (including phenoxy) is 2. The summed E-state index contributed by atoms with van der Waals surface area (Å²) in [5.74, 6) is 0.602. The van der Waals surface area contributed by atoms with Gasteiger partial charge in [-0.3, -0.25) is 0 Å². The number of halogens is 2. The molecule has 0 bridgehead atoms. The van der Waals surface area contributed by atoms with Gasteiger partial charge < -0.3 is 24.7 Å². The minimum Gasteiger partial charge on any atom is -0.544 e. The Kier molecular flexibility index (Phi) is 6.19. The number of aliphatic carboxylic acids is 1. The van der Waals surface area contributed by atoms with Crippen molar-refractivity contribution in [3.05, 3.63) is 57.6 Å². The number of methoxy groups -OCH3 is 1. The molecule has 8 heteroatoms. The molecule has 2 atom stereocenters. The Bertz CT molecular complexity index is 798. The van der Waals surface area contributed by atoms with E-state index in [0.717, 1.165) is 5.56 Å². The van der Waals surface area contributed by atoms with Gasteiger partial charge in [0.1, 0.15) is 18.6 Å². The van der Waals surface area contributed by atoms with E-state index in [1.165, 1.54) is 0 Å². The number of thioether (sulfide) groups is 1. The SMILES string of the molecule is COc1cc([C@@H]2[NH2+][C@H](C(=O)[O-])CS2)ccc1OCc1c(Cl)cccc1Cl. The first kappa shape index (κ1) is 19.2. The molecule has 0 unspecified atom stereocenters. The second kappa shape index (κ2) is 8.39. The molecule has 1 saturated heterocycles. The fourth-order valence-electron chi connectivity index (χ4n) is 2.68. The smallest absolute Gasteiger partial charge is 0.161 e. The maximum atomic E-state index is 11.0. The number of rotatable bonds is 6. The van der Waals surface area contributed by atoms with Crippen LogP contribution < -0.4 is 19.9 Å². The molecule has 2 aromatic rings. The molecule has 0 amide bonds. The number of benzene rings is 2. The fourth-order valence-corrected chi connectivity index (χ4v) is 4.49. The van der Waals surface area contributed by atoms with Crippen molar-refractivity contribution < 1.29 is 24.7 Å². The van der Waals surface area contributed by atoms with Crippen LogP contribution in [0.2, 0.25) is 10.0 Å². The van der Waals surface area contributed by atoms with Crippen LogP contribution in [-0.4, -0.2) is 24.9 Å². The van der Waals surface area contributed by atoms with Gasteiger partial charge in [0, 0.05) is 21.2 Å². The zero-order valence-electron chi connectivity index (χ0n) is 13.9. The maximum absolute atomic E-state index is 11.0. The Labute approximate surface area is 165 Å². The van der Waals surface area contributed by atoms with E-state index in [2.05, 4.69) is 0 Å². The van der Waals surface area contributed by atoms with Gasteiger partial charge in [0.05, 0.1) is 12.9 Å². The summed E-state index contributed by atoms with van der Waals surface area (Å²) in [6.07, 6.45) is 0. The highest BCUT2D eigenvalue weighted by Gasteiger charge is 2.31. The molecule has 1 fully saturated rings. The number of quaternary nitrogens is 1. The second-order valence-electron chi connectivity index (χ2n) is 5.77. The lowest BCUT2D eigenvalue weighted by atomic mass is 10.2. The number of nitrogens with two attached hydrogens (primary N) is 1. The van der Waals surface area contributed by atoms with Crippen LogP contribution >= 0.6 is 35.0 Å². The molecule has 138 valence electrons. The van der Waals surface area contributed by atoms with E-state index in [4.69, 9.17) is 32.7 Å². The topological polar surface area (TPSA) is 75.2 Å². The van der Waals surface area contributed by atoms with Gasteiger partial charge in [0.2, 0.25) is 0 Å². The van der Waals surface area contributed by atoms with Crippen molar-refractivity contribution in [1.29, 1.82) is 0 Å². The fraction of sp³-hybridized carbons (Fsp3) is 0.278. The molecule has 0 aliphatic carbocycles. The third kappa shape index (κ3) is 4.20. The molecule has 0 saturated carbocycles. The van der Waals surface area contributed by atoms with Crippen LogP contribution in [0.5, 0.6) is 11.5 Å². The summed E-state index contributed by atoms with van der Waals surface area (Å²) in [6.45, 7) is 0.214. The van der Waals surface area contributed by atoms with Crippen LogP contribution in [0, 0.1) is 0 Å². The molecule has 26 heavy (non-hydrogen) atoms. The van der Waals surface area contributed by atoms with Crippen LogP contribution in [0.4, 0.5) is 0 Å². The quantitative estimate of drug-likeness (QED) is 0.783. The average molecular weight is 414 g/mol. The van der Waals surface area contributed by atoms with Crippen molar-refractivity contribution in [2.75, 3.05) is 12.9 Å². The Morgan fingerprint density at radius 1 is 1.27 bits per heavy atom. The lowest BCUT2D eigenvalue weighted by molar-refractivity contribution is -0.690. The molecule has 2 aromatic carbocycles. The van der Waals surface area contributed by atoms with E-state index in [1.54, 1.807) is 48.5 Å². The highest BCUT2D eigenvalue weighted by Crippen LogP contribution is 2.35. The molecule has 1 aliphatic rings. The predicted octanol–water partition coefficient (Wildman–Crippen LogP) is 2.01. The Hall–Kier alpha value is -1.60. The summed E-state index contributed by atoms with van der Waals surface area (Å²) >= 11 is 13.9. The molecule has 1 heterocycles. The van der Waals surface area contributed by atoms with Gasteiger partial charge >= 0.3 is 0 Å².